The van der Waals surface area contributed by atoms with E-state index in [0.717, 1.165) is 32.4 Å². The summed E-state index contributed by atoms with van der Waals surface area (Å²) in [6.45, 7) is 5.29. The van der Waals surface area contributed by atoms with E-state index in [4.69, 9.17) is 14.9 Å². The molecule has 0 amide bonds. The van der Waals surface area contributed by atoms with Crippen LogP contribution < -0.4 is 16.5 Å². The molecule has 0 saturated carbocycles. The van der Waals surface area contributed by atoms with Crippen LogP contribution in [0.3, 0.4) is 0 Å². The molecular formula is C9H24N3O3PY. The predicted molar refractivity (Wildman–Crippen MR) is 65.5 cm³/mol. The van der Waals surface area contributed by atoms with E-state index in [-0.39, 0.29) is 32.7 Å². The van der Waals surface area contributed by atoms with Crippen LogP contribution in [-0.2, 0) is 46.4 Å². The summed E-state index contributed by atoms with van der Waals surface area (Å²) in [5, 5.41) is 3.07. The van der Waals surface area contributed by atoms with Gasteiger partial charge in [-0.25, -0.2) is 4.62 Å². The smallest absolute Gasteiger partial charge is 0.329 e. The molecule has 17 heavy (non-hydrogen) atoms. The first kappa shape index (κ1) is 20.5. The number of hydrogen-bond donors (Lipinski definition) is 3. The van der Waals surface area contributed by atoms with E-state index in [1.54, 1.807) is 0 Å². The Hall–Kier alpha value is 1.13. The van der Waals surface area contributed by atoms with Crippen molar-refractivity contribution >= 4 is 8.25 Å². The number of hydroxylamine groups is 1. The Kier molecular flexibility index (Phi) is 20.6. The number of rotatable bonds is 12. The average molecular weight is 342 g/mol. The fraction of sp³-hybridized carbons (Fsp3) is 1.00. The molecule has 6 nitrogen and oxygen atoms in total. The van der Waals surface area contributed by atoms with E-state index < -0.39 is 8.25 Å². The van der Waals surface area contributed by atoms with Gasteiger partial charge in [-0.2, -0.15) is 5.48 Å². The maximum Gasteiger partial charge on any atom is 0.335 e. The van der Waals surface area contributed by atoms with Crippen LogP contribution in [0.4, 0.5) is 0 Å². The molecule has 1 atom stereocenters. The Balaban J connectivity index is 0. The van der Waals surface area contributed by atoms with Crippen molar-refractivity contribution in [2.24, 2.45) is 5.73 Å². The van der Waals surface area contributed by atoms with Gasteiger partial charge in [0.25, 0.3) is 0 Å². The molecule has 0 aromatic rings. The van der Waals surface area contributed by atoms with Crippen molar-refractivity contribution in [3.05, 3.63) is 0 Å². The van der Waals surface area contributed by atoms with Gasteiger partial charge in [-0.05, 0) is 6.42 Å². The van der Waals surface area contributed by atoms with E-state index in [2.05, 4.69) is 17.7 Å². The summed E-state index contributed by atoms with van der Waals surface area (Å²) in [6.07, 6.45) is 3.14. The van der Waals surface area contributed by atoms with Crippen LogP contribution in [0.5, 0.6) is 0 Å². The van der Waals surface area contributed by atoms with E-state index in [1.807, 2.05) is 0 Å². The molecular weight excluding hydrogens is 318 g/mol. The van der Waals surface area contributed by atoms with Crippen LogP contribution in [-0.4, -0.2) is 32.8 Å². The molecule has 1 unspecified atom stereocenters. The minimum absolute atomic E-state index is 0. The Bertz CT molecular complexity index is 178. The third-order valence-electron chi connectivity index (χ3n) is 1.85. The monoisotopic (exact) mass is 342 g/mol. The van der Waals surface area contributed by atoms with Gasteiger partial charge in [0.05, 0.1) is 6.61 Å². The van der Waals surface area contributed by atoms with Crippen molar-refractivity contribution in [3.63, 3.8) is 0 Å². The van der Waals surface area contributed by atoms with Crippen LogP contribution in [0.15, 0.2) is 0 Å². The zero-order chi connectivity index (χ0) is 12.1. The summed E-state index contributed by atoms with van der Waals surface area (Å²) in [6, 6.07) is 0. The third-order valence-corrected chi connectivity index (χ3v) is 2.60. The number of unbranched alkanes of at least 4 members (excludes halogenated alkanes) is 2. The van der Waals surface area contributed by atoms with Gasteiger partial charge in [-0.15, -0.1) is 0 Å². The normalized spacial score (nSPS) is 12.1. The van der Waals surface area contributed by atoms with Crippen molar-refractivity contribution in [2.75, 3.05) is 32.8 Å². The summed E-state index contributed by atoms with van der Waals surface area (Å²) >= 11 is 0. The zero-order valence-electron chi connectivity index (χ0n) is 10.5. The van der Waals surface area contributed by atoms with Crippen molar-refractivity contribution in [3.8, 4) is 0 Å². The van der Waals surface area contributed by atoms with Gasteiger partial charge in [0.15, 0.2) is 0 Å². The molecule has 0 aliphatic rings. The summed E-state index contributed by atoms with van der Waals surface area (Å²) < 4.78 is 20.9. The minimum atomic E-state index is -2.38. The number of hydrogen-bond acceptors (Lipinski definition) is 6. The average Bonchev–Trinajstić information content (AvgIpc) is 2.29. The SMILES string of the molecule is CCCCCO[PH](=O)ONCCNCCN.[Y]. The van der Waals surface area contributed by atoms with E-state index in [9.17, 15) is 4.57 Å². The molecule has 4 N–H and O–H groups in total. The molecule has 1 radical (unpaired) electrons. The van der Waals surface area contributed by atoms with Crippen LogP contribution in [0, 0.1) is 0 Å². The van der Waals surface area contributed by atoms with Gasteiger partial charge >= 0.3 is 8.25 Å². The molecule has 0 bridgehead atoms. The topological polar surface area (TPSA) is 85.6 Å². The second-order valence-corrected chi connectivity index (χ2v) is 4.33. The largest absolute Gasteiger partial charge is 0.335 e. The van der Waals surface area contributed by atoms with Crippen LogP contribution in [0.25, 0.3) is 0 Å². The second kappa shape index (κ2) is 17.1. The summed E-state index contributed by atoms with van der Waals surface area (Å²) in [7, 11) is -2.38. The first-order chi connectivity index (χ1) is 7.81. The maximum atomic E-state index is 11.1. The van der Waals surface area contributed by atoms with Gasteiger partial charge in [-0.1, -0.05) is 19.8 Å². The Morgan fingerprint density at radius 1 is 1.24 bits per heavy atom. The van der Waals surface area contributed by atoms with Crippen molar-refractivity contribution in [2.45, 2.75) is 26.2 Å². The number of nitrogens with one attached hydrogen (secondary N) is 2. The Labute approximate surface area is 130 Å². The molecule has 0 rings (SSSR count). The second-order valence-electron chi connectivity index (χ2n) is 3.34. The van der Waals surface area contributed by atoms with Gasteiger partial charge in [-0.3, -0.25) is 4.57 Å². The zero-order valence-corrected chi connectivity index (χ0v) is 14.4. The Morgan fingerprint density at radius 3 is 2.65 bits per heavy atom. The summed E-state index contributed by atoms with van der Waals surface area (Å²) in [4.78, 5) is 0. The molecule has 101 valence electrons. The van der Waals surface area contributed by atoms with Crippen LogP contribution in [0.1, 0.15) is 26.2 Å². The molecule has 0 aliphatic carbocycles. The van der Waals surface area contributed by atoms with E-state index in [1.165, 1.54) is 0 Å². The van der Waals surface area contributed by atoms with Gasteiger partial charge in [0.2, 0.25) is 0 Å². The fourth-order valence-electron chi connectivity index (χ4n) is 1.01. The quantitative estimate of drug-likeness (QED) is 0.274. The van der Waals surface area contributed by atoms with Crippen LogP contribution in [0.2, 0.25) is 0 Å². The van der Waals surface area contributed by atoms with Crippen molar-refractivity contribution in [1.29, 1.82) is 0 Å². The molecule has 0 aliphatic heterocycles. The predicted octanol–water partition coefficient (Wildman–Crippen LogP) is 0.650. The molecule has 0 aromatic carbocycles. The first-order valence-electron chi connectivity index (χ1n) is 5.78. The molecule has 0 aromatic heterocycles. The first-order valence-corrected chi connectivity index (χ1v) is 7.01. The minimum Gasteiger partial charge on any atom is -0.329 e. The van der Waals surface area contributed by atoms with E-state index >= 15 is 0 Å². The number of nitrogens with two attached hydrogens (primary N) is 1. The van der Waals surface area contributed by atoms with Gasteiger partial charge in [0, 0.05) is 58.9 Å². The standard InChI is InChI=1S/C9H24N3O3P.Y/c1-2-3-4-9-14-16(13)15-12-8-7-11-6-5-10;/h11-12,16H,2-10H2,1H3;. The molecule has 0 spiro atoms. The molecule has 0 saturated heterocycles. The molecule has 0 heterocycles. The summed E-state index contributed by atoms with van der Waals surface area (Å²) in [5.74, 6) is 0. The van der Waals surface area contributed by atoms with Gasteiger partial charge < -0.3 is 15.6 Å². The molecule has 0 fully saturated rings. The van der Waals surface area contributed by atoms with Crippen LogP contribution >= 0.6 is 8.25 Å². The van der Waals surface area contributed by atoms with Crippen molar-refractivity contribution in [1.82, 2.24) is 10.8 Å². The third kappa shape index (κ3) is 17.1. The maximum absolute atomic E-state index is 11.1. The van der Waals surface area contributed by atoms with Crippen molar-refractivity contribution < 1.29 is 46.4 Å². The summed E-state index contributed by atoms with van der Waals surface area (Å²) in [5.41, 5.74) is 7.88. The molecule has 8 heteroatoms. The Morgan fingerprint density at radius 2 is 2.00 bits per heavy atom. The van der Waals surface area contributed by atoms with E-state index in [0.29, 0.717) is 19.7 Å². The fourth-order valence-corrected chi connectivity index (χ4v) is 1.60. The van der Waals surface area contributed by atoms with Gasteiger partial charge in [0.1, 0.15) is 0 Å².